The van der Waals surface area contributed by atoms with E-state index in [9.17, 15) is 9.59 Å². The average Bonchev–Trinajstić information content (AvgIpc) is 2.15. The second-order valence-electron chi connectivity index (χ2n) is 3.57. The number of urea groups is 1. The fraction of sp³-hybridized carbons (Fsp3) is 0.636. The molecular weight excluding hydrogens is 192 g/mol. The van der Waals surface area contributed by atoms with Crippen molar-refractivity contribution in [3.05, 3.63) is 12.7 Å². The highest BCUT2D eigenvalue weighted by Gasteiger charge is 2.17. The summed E-state index contributed by atoms with van der Waals surface area (Å²) in [5, 5.41) is 2.11. The highest BCUT2D eigenvalue weighted by Crippen LogP contribution is 2.14. The third-order valence-electron chi connectivity index (χ3n) is 2.22. The Morgan fingerprint density at radius 3 is 2.60 bits per heavy atom. The van der Waals surface area contributed by atoms with Crippen molar-refractivity contribution in [2.45, 2.75) is 39.0 Å². The Labute approximate surface area is 90.9 Å². The Kier molecular flexibility index (Phi) is 7.32. The topological polar surface area (TPSA) is 72.2 Å². The predicted octanol–water partition coefficient (Wildman–Crippen LogP) is 1.95. The van der Waals surface area contributed by atoms with Crippen LogP contribution >= 0.6 is 0 Å². The molecule has 0 aliphatic carbocycles. The van der Waals surface area contributed by atoms with Gasteiger partial charge in [0.05, 0.1) is 0 Å². The number of carbonyl (C=O) groups excluding carboxylic acids is 2. The highest BCUT2D eigenvalue weighted by atomic mass is 16.2. The molecule has 0 aliphatic rings. The van der Waals surface area contributed by atoms with Gasteiger partial charge in [-0.25, -0.2) is 4.79 Å². The molecule has 0 saturated heterocycles. The molecule has 15 heavy (non-hydrogen) atoms. The van der Waals surface area contributed by atoms with Gasteiger partial charge >= 0.3 is 6.03 Å². The first-order chi connectivity index (χ1) is 7.11. The first-order valence-electron chi connectivity index (χ1n) is 5.33. The highest BCUT2D eigenvalue weighted by molar-refractivity contribution is 5.94. The van der Waals surface area contributed by atoms with Crippen molar-refractivity contribution >= 4 is 11.9 Å². The standard InChI is InChI=1S/C11H20N2O2/c1-3-5-6-8-9(7-4-2)10(14)13-11(12)15/h4,9H,2-3,5-8H2,1H3,(H3,12,13,14,15)/t9-/m1/s1. The zero-order chi connectivity index (χ0) is 11.7. The number of allylic oxidation sites excluding steroid dienone is 1. The van der Waals surface area contributed by atoms with E-state index in [-0.39, 0.29) is 11.8 Å². The summed E-state index contributed by atoms with van der Waals surface area (Å²) >= 11 is 0. The van der Waals surface area contributed by atoms with E-state index in [1.54, 1.807) is 6.08 Å². The zero-order valence-corrected chi connectivity index (χ0v) is 9.29. The van der Waals surface area contributed by atoms with Crippen LogP contribution < -0.4 is 11.1 Å². The quantitative estimate of drug-likeness (QED) is 0.500. The molecule has 0 radical (unpaired) electrons. The van der Waals surface area contributed by atoms with Crippen LogP contribution in [0.2, 0.25) is 0 Å². The maximum Gasteiger partial charge on any atom is 0.318 e. The number of amides is 3. The minimum absolute atomic E-state index is 0.179. The number of rotatable bonds is 7. The molecule has 0 spiro atoms. The van der Waals surface area contributed by atoms with Gasteiger partial charge in [0.25, 0.3) is 0 Å². The second-order valence-corrected chi connectivity index (χ2v) is 3.57. The molecule has 0 aromatic carbocycles. The Morgan fingerprint density at radius 2 is 2.13 bits per heavy atom. The first kappa shape index (κ1) is 13.7. The summed E-state index contributed by atoms with van der Waals surface area (Å²) in [5.41, 5.74) is 4.89. The first-order valence-corrected chi connectivity index (χ1v) is 5.33. The van der Waals surface area contributed by atoms with E-state index < -0.39 is 6.03 Å². The smallest absolute Gasteiger partial charge is 0.318 e. The third kappa shape index (κ3) is 6.71. The molecule has 0 saturated carbocycles. The van der Waals surface area contributed by atoms with Gasteiger partial charge in [0, 0.05) is 5.92 Å². The molecule has 0 aromatic heterocycles. The SMILES string of the molecule is C=CC[C@H](CCCCC)C(=O)NC(N)=O. The molecule has 3 amide bonds. The molecule has 86 valence electrons. The average molecular weight is 212 g/mol. The molecule has 3 N–H and O–H groups in total. The summed E-state index contributed by atoms with van der Waals surface area (Å²) in [7, 11) is 0. The summed E-state index contributed by atoms with van der Waals surface area (Å²) in [5.74, 6) is -0.472. The van der Waals surface area contributed by atoms with E-state index in [4.69, 9.17) is 5.73 Å². The van der Waals surface area contributed by atoms with Gasteiger partial charge in [-0.05, 0) is 12.8 Å². The van der Waals surface area contributed by atoms with Crippen molar-refractivity contribution in [2.75, 3.05) is 0 Å². The fourth-order valence-corrected chi connectivity index (χ4v) is 1.42. The lowest BCUT2D eigenvalue weighted by atomic mass is 9.97. The Balaban J connectivity index is 4.05. The monoisotopic (exact) mass is 212 g/mol. The molecule has 0 rings (SSSR count). The lowest BCUT2D eigenvalue weighted by Gasteiger charge is -2.13. The number of unbranched alkanes of at least 4 members (excludes halogenated alkanes) is 2. The molecule has 4 heteroatoms. The molecule has 0 unspecified atom stereocenters. The molecular formula is C11H20N2O2. The Bertz CT molecular complexity index is 227. The summed E-state index contributed by atoms with van der Waals surface area (Å²) < 4.78 is 0. The van der Waals surface area contributed by atoms with Crippen molar-refractivity contribution in [3.63, 3.8) is 0 Å². The van der Waals surface area contributed by atoms with E-state index in [0.29, 0.717) is 6.42 Å². The van der Waals surface area contributed by atoms with Gasteiger partial charge in [0.1, 0.15) is 0 Å². The van der Waals surface area contributed by atoms with Crippen molar-refractivity contribution in [1.29, 1.82) is 0 Å². The van der Waals surface area contributed by atoms with Gasteiger partial charge in [-0.2, -0.15) is 0 Å². The van der Waals surface area contributed by atoms with Crippen LogP contribution in [0.25, 0.3) is 0 Å². The molecule has 0 bridgehead atoms. The molecule has 0 fully saturated rings. The predicted molar refractivity (Wildman–Crippen MR) is 60.2 cm³/mol. The van der Waals surface area contributed by atoms with Crippen LogP contribution in [-0.4, -0.2) is 11.9 Å². The molecule has 1 atom stereocenters. The number of hydrogen-bond donors (Lipinski definition) is 2. The number of carbonyl (C=O) groups is 2. The normalized spacial score (nSPS) is 11.8. The summed E-state index contributed by atoms with van der Waals surface area (Å²) in [6.45, 7) is 5.70. The van der Waals surface area contributed by atoms with Crippen LogP contribution in [0.3, 0.4) is 0 Å². The van der Waals surface area contributed by atoms with Gasteiger partial charge in [0.15, 0.2) is 0 Å². The summed E-state index contributed by atoms with van der Waals surface area (Å²) in [4.78, 5) is 22.0. The minimum atomic E-state index is -0.787. The number of hydrogen-bond acceptors (Lipinski definition) is 2. The van der Waals surface area contributed by atoms with Crippen molar-refractivity contribution in [2.24, 2.45) is 11.7 Å². The Morgan fingerprint density at radius 1 is 1.47 bits per heavy atom. The van der Waals surface area contributed by atoms with Crippen molar-refractivity contribution in [3.8, 4) is 0 Å². The number of nitrogens with one attached hydrogen (secondary N) is 1. The van der Waals surface area contributed by atoms with Gasteiger partial charge in [-0.3, -0.25) is 10.1 Å². The lowest BCUT2D eigenvalue weighted by Crippen LogP contribution is -2.39. The summed E-state index contributed by atoms with van der Waals surface area (Å²) in [6.07, 6.45) is 6.25. The second kappa shape index (κ2) is 8.03. The van der Waals surface area contributed by atoms with Crippen LogP contribution in [-0.2, 0) is 4.79 Å². The van der Waals surface area contributed by atoms with E-state index in [1.165, 1.54) is 0 Å². The van der Waals surface area contributed by atoms with E-state index >= 15 is 0 Å². The maximum absolute atomic E-state index is 11.5. The van der Waals surface area contributed by atoms with Gasteiger partial charge in [-0.1, -0.05) is 32.3 Å². The van der Waals surface area contributed by atoms with E-state index in [2.05, 4.69) is 18.8 Å². The Hall–Kier alpha value is -1.32. The molecule has 4 nitrogen and oxygen atoms in total. The largest absolute Gasteiger partial charge is 0.351 e. The number of nitrogens with two attached hydrogens (primary N) is 1. The van der Waals surface area contributed by atoms with Crippen LogP contribution in [0.4, 0.5) is 4.79 Å². The van der Waals surface area contributed by atoms with Crippen LogP contribution in [0.15, 0.2) is 12.7 Å². The van der Waals surface area contributed by atoms with E-state index in [0.717, 1.165) is 25.7 Å². The number of primary amides is 1. The lowest BCUT2D eigenvalue weighted by molar-refractivity contribution is -0.124. The fourth-order valence-electron chi connectivity index (χ4n) is 1.42. The molecule has 0 aromatic rings. The van der Waals surface area contributed by atoms with Crippen LogP contribution in [0.5, 0.6) is 0 Å². The maximum atomic E-state index is 11.5. The molecule has 0 heterocycles. The van der Waals surface area contributed by atoms with Crippen molar-refractivity contribution < 1.29 is 9.59 Å². The zero-order valence-electron chi connectivity index (χ0n) is 9.29. The third-order valence-corrected chi connectivity index (χ3v) is 2.22. The number of imide groups is 1. The van der Waals surface area contributed by atoms with Crippen LogP contribution in [0, 0.1) is 5.92 Å². The van der Waals surface area contributed by atoms with Crippen molar-refractivity contribution in [1.82, 2.24) is 5.32 Å². The summed E-state index contributed by atoms with van der Waals surface area (Å²) in [6, 6.07) is -0.787. The van der Waals surface area contributed by atoms with Crippen LogP contribution in [0.1, 0.15) is 39.0 Å². The molecule has 0 aliphatic heterocycles. The van der Waals surface area contributed by atoms with Gasteiger partial charge in [0.2, 0.25) is 5.91 Å². The minimum Gasteiger partial charge on any atom is -0.351 e. The van der Waals surface area contributed by atoms with E-state index in [1.807, 2.05) is 0 Å². The van der Waals surface area contributed by atoms with Gasteiger partial charge < -0.3 is 5.73 Å². The van der Waals surface area contributed by atoms with Gasteiger partial charge in [-0.15, -0.1) is 6.58 Å².